The second-order valence-electron chi connectivity index (χ2n) is 4.93. The molecule has 0 radical (unpaired) electrons. The van der Waals surface area contributed by atoms with E-state index in [1.165, 1.54) is 0 Å². The van der Waals surface area contributed by atoms with Crippen LogP contribution in [-0.2, 0) is 16.0 Å². The molecule has 1 aromatic carbocycles. The molecule has 1 aliphatic carbocycles. The summed E-state index contributed by atoms with van der Waals surface area (Å²) in [4.78, 5) is 21.8. The van der Waals surface area contributed by atoms with E-state index in [2.05, 4.69) is 0 Å². The van der Waals surface area contributed by atoms with Gasteiger partial charge in [-0.05, 0) is 30.4 Å². The average Bonchev–Trinajstić information content (AvgIpc) is 3.09. The number of benzene rings is 1. The van der Waals surface area contributed by atoms with Crippen molar-refractivity contribution in [1.29, 1.82) is 0 Å². The molecule has 3 nitrogen and oxygen atoms in total. The minimum absolute atomic E-state index is 0.130. The van der Waals surface area contributed by atoms with Crippen molar-refractivity contribution in [1.82, 2.24) is 0 Å². The van der Waals surface area contributed by atoms with E-state index in [1.807, 2.05) is 31.2 Å². The molecule has 1 saturated carbocycles. The fraction of sp³-hybridized carbons (Fsp3) is 0.429. The summed E-state index contributed by atoms with van der Waals surface area (Å²) in [6.07, 6.45) is 3.00. The standard InChI is InChI=1S/C14H16O3/c1-10(9-15)12-4-2-3-11(7-12)8-14(5-6-14)13(16)17/h2-4,7,9-10H,5-6,8H2,1H3,(H,16,17). The Morgan fingerprint density at radius 1 is 1.53 bits per heavy atom. The molecular formula is C14H16O3. The lowest BCUT2D eigenvalue weighted by atomic mass is 9.93. The molecule has 0 bridgehead atoms. The summed E-state index contributed by atoms with van der Waals surface area (Å²) in [6, 6.07) is 7.68. The molecule has 3 heteroatoms. The van der Waals surface area contributed by atoms with Crippen LogP contribution in [0.3, 0.4) is 0 Å². The summed E-state index contributed by atoms with van der Waals surface area (Å²) in [5.41, 5.74) is 1.43. The molecule has 1 N–H and O–H groups in total. The summed E-state index contributed by atoms with van der Waals surface area (Å²) >= 11 is 0. The van der Waals surface area contributed by atoms with Gasteiger partial charge in [-0.15, -0.1) is 0 Å². The zero-order valence-corrected chi connectivity index (χ0v) is 9.85. The molecule has 1 atom stereocenters. The molecule has 17 heavy (non-hydrogen) atoms. The van der Waals surface area contributed by atoms with Crippen LogP contribution in [-0.4, -0.2) is 17.4 Å². The maximum absolute atomic E-state index is 11.1. The second kappa shape index (κ2) is 4.32. The van der Waals surface area contributed by atoms with Gasteiger partial charge < -0.3 is 9.90 Å². The van der Waals surface area contributed by atoms with Gasteiger partial charge in [0.05, 0.1) is 5.41 Å². The number of hydrogen-bond donors (Lipinski definition) is 1. The third-order valence-electron chi connectivity index (χ3n) is 3.53. The van der Waals surface area contributed by atoms with Crippen molar-refractivity contribution in [3.8, 4) is 0 Å². The van der Waals surface area contributed by atoms with Crippen LogP contribution in [0.25, 0.3) is 0 Å². The molecule has 2 rings (SSSR count). The van der Waals surface area contributed by atoms with Crippen LogP contribution in [0.2, 0.25) is 0 Å². The van der Waals surface area contributed by atoms with Gasteiger partial charge in [-0.3, -0.25) is 4.79 Å². The molecule has 0 aromatic heterocycles. The molecule has 90 valence electrons. The molecule has 0 amide bonds. The summed E-state index contributed by atoms with van der Waals surface area (Å²) in [6.45, 7) is 1.84. The first-order chi connectivity index (χ1) is 8.07. The van der Waals surface area contributed by atoms with Gasteiger partial charge in [0.2, 0.25) is 0 Å². The van der Waals surface area contributed by atoms with Crippen molar-refractivity contribution in [2.45, 2.75) is 32.1 Å². The Hall–Kier alpha value is -1.64. The van der Waals surface area contributed by atoms with Crippen LogP contribution < -0.4 is 0 Å². The smallest absolute Gasteiger partial charge is 0.309 e. The number of rotatable bonds is 5. The Morgan fingerprint density at radius 2 is 2.24 bits per heavy atom. The molecule has 1 fully saturated rings. The Balaban J connectivity index is 2.17. The van der Waals surface area contributed by atoms with Crippen LogP contribution in [0.1, 0.15) is 36.8 Å². The highest BCUT2D eigenvalue weighted by atomic mass is 16.4. The van der Waals surface area contributed by atoms with Gasteiger partial charge in [-0.2, -0.15) is 0 Å². The molecule has 1 aliphatic rings. The molecule has 1 unspecified atom stereocenters. The van der Waals surface area contributed by atoms with Crippen molar-refractivity contribution in [2.75, 3.05) is 0 Å². The average molecular weight is 232 g/mol. The predicted octanol–water partition coefficient (Wildman–Crippen LogP) is 2.40. The van der Waals surface area contributed by atoms with Gasteiger partial charge in [-0.25, -0.2) is 0 Å². The molecule has 0 spiro atoms. The van der Waals surface area contributed by atoms with Crippen LogP contribution >= 0.6 is 0 Å². The third kappa shape index (κ3) is 2.38. The Morgan fingerprint density at radius 3 is 2.76 bits per heavy atom. The molecular weight excluding hydrogens is 216 g/mol. The molecule has 0 heterocycles. The largest absolute Gasteiger partial charge is 0.481 e. The van der Waals surface area contributed by atoms with E-state index in [0.717, 1.165) is 30.3 Å². The van der Waals surface area contributed by atoms with Gasteiger partial charge in [0.15, 0.2) is 0 Å². The van der Waals surface area contributed by atoms with E-state index in [9.17, 15) is 9.59 Å². The van der Waals surface area contributed by atoms with Gasteiger partial charge >= 0.3 is 5.97 Å². The van der Waals surface area contributed by atoms with E-state index >= 15 is 0 Å². The third-order valence-corrected chi connectivity index (χ3v) is 3.53. The predicted molar refractivity (Wildman–Crippen MR) is 63.9 cm³/mol. The minimum Gasteiger partial charge on any atom is -0.481 e. The minimum atomic E-state index is -0.702. The van der Waals surface area contributed by atoms with E-state index in [-0.39, 0.29) is 5.92 Å². The first-order valence-electron chi connectivity index (χ1n) is 5.85. The Bertz CT molecular complexity index is 447. The van der Waals surface area contributed by atoms with Crippen molar-refractivity contribution in [2.24, 2.45) is 5.41 Å². The summed E-state index contributed by atoms with van der Waals surface area (Å²) in [5, 5.41) is 9.13. The fourth-order valence-corrected chi connectivity index (χ4v) is 2.07. The van der Waals surface area contributed by atoms with E-state index in [1.54, 1.807) is 0 Å². The van der Waals surface area contributed by atoms with Gasteiger partial charge in [0.25, 0.3) is 0 Å². The highest BCUT2D eigenvalue weighted by molar-refractivity contribution is 5.78. The highest BCUT2D eigenvalue weighted by Crippen LogP contribution is 2.48. The van der Waals surface area contributed by atoms with Crippen LogP contribution in [0, 0.1) is 5.41 Å². The van der Waals surface area contributed by atoms with Crippen LogP contribution in [0.4, 0.5) is 0 Å². The van der Waals surface area contributed by atoms with Gasteiger partial charge in [-0.1, -0.05) is 31.2 Å². The number of carbonyl (C=O) groups excluding carboxylic acids is 1. The second-order valence-corrected chi connectivity index (χ2v) is 4.93. The number of hydrogen-bond acceptors (Lipinski definition) is 2. The maximum atomic E-state index is 11.1. The van der Waals surface area contributed by atoms with E-state index in [4.69, 9.17) is 5.11 Å². The van der Waals surface area contributed by atoms with E-state index in [0.29, 0.717) is 6.42 Å². The van der Waals surface area contributed by atoms with Crippen LogP contribution in [0.15, 0.2) is 24.3 Å². The molecule has 0 aliphatic heterocycles. The molecule has 1 aromatic rings. The van der Waals surface area contributed by atoms with Crippen molar-refractivity contribution in [3.05, 3.63) is 35.4 Å². The van der Waals surface area contributed by atoms with Crippen molar-refractivity contribution in [3.63, 3.8) is 0 Å². The first kappa shape index (κ1) is 11.8. The lowest BCUT2D eigenvalue weighted by molar-refractivity contribution is -0.143. The molecule has 0 saturated heterocycles. The summed E-state index contributed by atoms with van der Waals surface area (Å²) < 4.78 is 0. The van der Waals surface area contributed by atoms with Gasteiger partial charge in [0.1, 0.15) is 6.29 Å². The fourth-order valence-electron chi connectivity index (χ4n) is 2.07. The number of carboxylic acid groups (broad SMARTS) is 1. The summed E-state index contributed by atoms with van der Waals surface area (Å²) in [5.74, 6) is -0.832. The lowest BCUT2D eigenvalue weighted by Gasteiger charge is -2.11. The zero-order chi connectivity index (χ0) is 12.5. The maximum Gasteiger partial charge on any atom is 0.309 e. The normalized spacial score (nSPS) is 18.4. The monoisotopic (exact) mass is 232 g/mol. The first-order valence-corrected chi connectivity index (χ1v) is 5.85. The Labute approximate surface area is 100 Å². The van der Waals surface area contributed by atoms with E-state index < -0.39 is 11.4 Å². The highest BCUT2D eigenvalue weighted by Gasteiger charge is 2.49. The van der Waals surface area contributed by atoms with Crippen LogP contribution in [0.5, 0.6) is 0 Å². The topological polar surface area (TPSA) is 54.4 Å². The lowest BCUT2D eigenvalue weighted by Crippen LogP contribution is -2.17. The zero-order valence-electron chi connectivity index (χ0n) is 9.85. The number of aldehydes is 1. The van der Waals surface area contributed by atoms with Gasteiger partial charge in [0, 0.05) is 5.92 Å². The number of aliphatic carboxylic acids is 1. The number of carboxylic acids is 1. The number of carbonyl (C=O) groups is 2. The quantitative estimate of drug-likeness (QED) is 0.793. The van der Waals surface area contributed by atoms with Crippen molar-refractivity contribution < 1.29 is 14.7 Å². The SMILES string of the molecule is CC(C=O)c1cccc(CC2(C(=O)O)CC2)c1. The summed E-state index contributed by atoms with van der Waals surface area (Å²) in [7, 11) is 0. The Kier molecular flexibility index (Phi) is 3.01. The van der Waals surface area contributed by atoms with Crippen molar-refractivity contribution >= 4 is 12.3 Å².